The van der Waals surface area contributed by atoms with E-state index in [0.717, 1.165) is 20.2 Å². The number of halogens is 2. The van der Waals surface area contributed by atoms with Crippen molar-refractivity contribution in [1.82, 2.24) is 10.2 Å². The number of hydrogen-bond donors (Lipinski definition) is 2. The average Bonchev–Trinajstić information content (AvgIpc) is 2.67. The van der Waals surface area contributed by atoms with Crippen molar-refractivity contribution >= 4 is 17.4 Å². The molecule has 0 saturated heterocycles. The fourth-order valence-electron chi connectivity index (χ4n) is 2.00. The van der Waals surface area contributed by atoms with Crippen LogP contribution in [0.5, 0.6) is 0 Å². The highest BCUT2D eigenvalue weighted by Crippen LogP contribution is 2.26. The Balaban J connectivity index is 2.69. The van der Waals surface area contributed by atoms with Gasteiger partial charge in [-0.3, -0.25) is 0 Å². The second kappa shape index (κ2) is 7.54. The van der Waals surface area contributed by atoms with E-state index < -0.39 is 19.0 Å². The predicted molar refractivity (Wildman–Crippen MR) is 75.4 cm³/mol. The van der Waals surface area contributed by atoms with Gasteiger partial charge in [-0.25, -0.2) is 13.6 Å². The molecule has 7 heteroatoms. The fraction of sp³-hybridized carbons (Fsp3) is 0.615. The van der Waals surface area contributed by atoms with Gasteiger partial charge in [-0.2, -0.15) is 0 Å². The van der Waals surface area contributed by atoms with Crippen LogP contribution in [-0.2, 0) is 0 Å². The molecule has 0 saturated carbocycles. The van der Waals surface area contributed by atoms with Crippen LogP contribution in [0.3, 0.4) is 0 Å². The zero-order valence-corrected chi connectivity index (χ0v) is 12.6. The maximum atomic E-state index is 12.4. The van der Waals surface area contributed by atoms with Crippen LogP contribution in [0.1, 0.15) is 28.3 Å². The van der Waals surface area contributed by atoms with Gasteiger partial charge in [0.1, 0.15) is 0 Å². The summed E-state index contributed by atoms with van der Waals surface area (Å²) < 4.78 is 24.8. The summed E-state index contributed by atoms with van der Waals surface area (Å²) in [6, 6.07) is 1.13. The lowest BCUT2D eigenvalue weighted by atomic mass is 10.1. The molecular weight excluding hydrogens is 286 g/mol. The molecular formula is C13H20F2N2O2S. The van der Waals surface area contributed by atoms with Crippen LogP contribution in [0.2, 0.25) is 0 Å². The van der Waals surface area contributed by atoms with Gasteiger partial charge in [0, 0.05) is 16.3 Å². The van der Waals surface area contributed by atoms with Crippen molar-refractivity contribution in [2.45, 2.75) is 33.2 Å². The molecule has 2 N–H and O–H groups in total. The number of aryl methyl sites for hydroxylation is 2. The Bertz CT molecular complexity index is 452. The maximum absolute atomic E-state index is 12.4. The number of thiophene rings is 1. The zero-order valence-electron chi connectivity index (χ0n) is 11.8. The first-order valence-electron chi connectivity index (χ1n) is 6.36. The zero-order chi connectivity index (χ0) is 15.3. The second-order valence-corrected chi connectivity index (χ2v) is 6.06. The van der Waals surface area contributed by atoms with Crippen LogP contribution in [0.25, 0.3) is 0 Å². The number of nitrogens with zero attached hydrogens (tertiary/aromatic N) is 1. The minimum Gasteiger partial charge on any atom is -0.395 e. The Labute approximate surface area is 121 Å². The number of aliphatic hydroxyl groups excluding tert-OH is 1. The summed E-state index contributed by atoms with van der Waals surface area (Å²) in [5, 5.41) is 11.5. The van der Waals surface area contributed by atoms with Crippen molar-refractivity contribution in [3.8, 4) is 0 Å². The SMILES string of the molecule is Cc1cc([C@H](C)NC(=O)N(CCO)CC(F)F)c(C)s1. The fourth-order valence-corrected chi connectivity index (χ4v) is 3.02. The molecule has 1 aromatic rings. The number of carbonyl (C=O) groups excluding carboxylic acids is 1. The average molecular weight is 306 g/mol. The van der Waals surface area contributed by atoms with Gasteiger partial charge >= 0.3 is 6.03 Å². The molecule has 1 heterocycles. The van der Waals surface area contributed by atoms with E-state index in [1.54, 1.807) is 11.3 Å². The van der Waals surface area contributed by atoms with Crippen LogP contribution >= 0.6 is 11.3 Å². The van der Waals surface area contributed by atoms with Crippen molar-refractivity contribution in [3.05, 3.63) is 21.4 Å². The lowest BCUT2D eigenvalue weighted by molar-refractivity contribution is 0.0895. The number of rotatable bonds is 6. The van der Waals surface area contributed by atoms with Crippen LogP contribution in [0.15, 0.2) is 6.07 Å². The van der Waals surface area contributed by atoms with Gasteiger partial charge in [-0.1, -0.05) is 0 Å². The highest BCUT2D eigenvalue weighted by molar-refractivity contribution is 7.12. The quantitative estimate of drug-likeness (QED) is 0.849. The molecule has 1 atom stereocenters. The van der Waals surface area contributed by atoms with E-state index in [0.29, 0.717) is 0 Å². The number of hydrogen-bond acceptors (Lipinski definition) is 3. The van der Waals surface area contributed by atoms with E-state index in [4.69, 9.17) is 5.11 Å². The van der Waals surface area contributed by atoms with Crippen molar-refractivity contribution < 1.29 is 18.7 Å². The normalized spacial score (nSPS) is 12.6. The summed E-state index contributed by atoms with van der Waals surface area (Å²) in [6.45, 7) is 4.62. The Morgan fingerprint density at radius 3 is 2.60 bits per heavy atom. The van der Waals surface area contributed by atoms with Gasteiger partial charge in [0.15, 0.2) is 0 Å². The first-order valence-corrected chi connectivity index (χ1v) is 7.18. The van der Waals surface area contributed by atoms with Gasteiger partial charge in [0.25, 0.3) is 6.43 Å². The molecule has 0 spiro atoms. The number of carbonyl (C=O) groups is 1. The van der Waals surface area contributed by atoms with Crippen LogP contribution < -0.4 is 5.32 Å². The third kappa shape index (κ3) is 4.72. The Morgan fingerprint density at radius 1 is 1.50 bits per heavy atom. The first-order chi connectivity index (χ1) is 9.35. The monoisotopic (exact) mass is 306 g/mol. The smallest absolute Gasteiger partial charge is 0.318 e. The molecule has 0 radical (unpaired) electrons. The van der Waals surface area contributed by atoms with Crippen LogP contribution in [0.4, 0.5) is 13.6 Å². The van der Waals surface area contributed by atoms with E-state index in [9.17, 15) is 13.6 Å². The molecule has 0 unspecified atom stereocenters. The topological polar surface area (TPSA) is 52.6 Å². The van der Waals surface area contributed by atoms with Crippen molar-refractivity contribution in [3.63, 3.8) is 0 Å². The lowest BCUT2D eigenvalue weighted by Crippen LogP contribution is -2.44. The standard InChI is InChI=1S/C13H20F2N2O2S/c1-8-6-11(10(3)20-8)9(2)16-13(19)17(4-5-18)7-12(14)15/h6,9,12,18H,4-5,7H2,1-3H3,(H,16,19)/t9-/m0/s1. The van der Waals surface area contributed by atoms with E-state index >= 15 is 0 Å². The van der Waals surface area contributed by atoms with Crippen molar-refractivity contribution in [2.24, 2.45) is 0 Å². The summed E-state index contributed by atoms with van der Waals surface area (Å²) in [7, 11) is 0. The molecule has 0 bridgehead atoms. The molecule has 0 aromatic carbocycles. The Morgan fingerprint density at radius 2 is 2.15 bits per heavy atom. The summed E-state index contributed by atoms with van der Waals surface area (Å²) in [4.78, 5) is 15.1. The van der Waals surface area contributed by atoms with Crippen LogP contribution in [-0.4, -0.2) is 42.2 Å². The van der Waals surface area contributed by atoms with Gasteiger partial charge in [-0.05, 0) is 32.4 Å². The first kappa shape index (κ1) is 16.8. The number of nitrogens with one attached hydrogen (secondary N) is 1. The van der Waals surface area contributed by atoms with Gasteiger partial charge < -0.3 is 15.3 Å². The van der Waals surface area contributed by atoms with Crippen LogP contribution in [0, 0.1) is 13.8 Å². The predicted octanol–water partition coefficient (Wildman–Crippen LogP) is 2.69. The Hall–Kier alpha value is -1.21. The Kier molecular flexibility index (Phi) is 6.35. The van der Waals surface area contributed by atoms with E-state index in [1.165, 1.54) is 0 Å². The summed E-state index contributed by atoms with van der Waals surface area (Å²) in [5.74, 6) is 0. The molecule has 0 aliphatic rings. The molecule has 20 heavy (non-hydrogen) atoms. The van der Waals surface area contributed by atoms with Crippen molar-refractivity contribution in [2.75, 3.05) is 19.7 Å². The summed E-state index contributed by atoms with van der Waals surface area (Å²) in [5.41, 5.74) is 0.988. The molecule has 0 aliphatic heterocycles. The third-order valence-electron chi connectivity index (χ3n) is 2.90. The second-order valence-electron chi connectivity index (χ2n) is 4.60. The molecule has 4 nitrogen and oxygen atoms in total. The highest BCUT2D eigenvalue weighted by atomic mass is 32.1. The van der Waals surface area contributed by atoms with Gasteiger partial charge in [0.05, 0.1) is 19.2 Å². The number of amides is 2. The molecule has 114 valence electrons. The van der Waals surface area contributed by atoms with Gasteiger partial charge in [0.2, 0.25) is 0 Å². The lowest BCUT2D eigenvalue weighted by Gasteiger charge is -2.24. The number of urea groups is 1. The largest absolute Gasteiger partial charge is 0.395 e. The van der Waals surface area contributed by atoms with Crippen molar-refractivity contribution in [1.29, 1.82) is 0 Å². The number of aliphatic hydroxyl groups is 1. The molecule has 1 aromatic heterocycles. The maximum Gasteiger partial charge on any atom is 0.318 e. The summed E-state index contributed by atoms with van der Waals surface area (Å²) >= 11 is 1.63. The van der Waals surface area contributed by atoms with Gasteiger partial charge in [-0.15, -0.1) is 11.3 Å². The minimum atomic E-state index is -2.62. The summed E-state index contributed by atoms with van der Waals surface area (Å²) in [6.07, 6.45) is -2.62. The third-order valence-corrected chi connectivity index (χ3v) is 3.88. The van der Waals surface area contributed by atoms with E-state index in [-0.39, 0.29) is 19.2 Å². The highest BCUT2D eigenvalue weighted by Gasteiger charge is 2.20. The molecule has 0 fully saturated rings. The number of alkyl halides is 2. The molecule has 2 amide bonds. The van der Waals surface area contributed by atoms with E-state index in [2.05, 4.69) is 5.32 Å². The molecule has 0 aliphatic carbocycles. The molecule has 1 rings (SSSR count). The minimum absolute atomic E-state index is 0.107. The van der Waals surface area contributed by atoms with E-state index in [1.807, 2.05) is 26.8 Å².